The molecule has 2 aliphatic heterocycles. The summed E-state index contributed by atoms with van der Waals surface area (Å²) in [6, 6.07) is 8.38. The summed E-state index contributed by atoms with van der Waals surface area (Å²) >= 11 is 0. The van der Waals surface area contributed by atoms with Crippen LogP contribution in [0.3, 0.4) is 0 Å². The minimum atomic E-state index is 0.753. The molecule has 4 rings (SSSR count). The fraction of sp³-hybridized carbons (Fsp3) is 0.500. The summed E-state index contributed by atoms with van der Waals surface area (Å²) < 4.78 is 5.89. The van der Waals surface area contributed by atoms with Crippen LogP contribution >= 0.6 is 0 Å². The SMILES string of the molecule is CCCOc1cccc2ncc(N3C[C@H]4CNC[C@H]4C3)cc12. The highest BCUT2D eigenvalue weighted by atomic mass is 16.5. The number of ether oxygens (including phenoxy) is 1. The summed E-state index contributed by atoms with van der Waals surface area (Å²) in [6.45, 7) is 7.49. The number of nitrogens with one attached hydrogen (secondary N) is 1. The van der Waals surface area contributed by atoms with Crippen molar-refractivity contribution in [3.8, 4) is 5.75 Å². The van der Waals surface area contributed by atoms with E-state index in [1.54, 1.807) is 0 Å². The van der Waals surface area contributed by atoms with E-state index in [0.29, 0.717) is 0 Å². The molecule has 1 N–H and O–H groups in total. The lowest BCUT2D eigenvalue weighted by Crippen LogP contribution is -2.25. The molecule has 4 heteroatoms. The Morgan fingerprint density at radius 3 is 2.86 bits per heavy atom. The van der Waals surface area contributed by atoms with Gasteiger partial charge in [-0.2, -0.15) is 0 Å². The standard InChI is InChI=1S/C18H23N3O/c1-2-6-22-18-5-3-4-17-16(18)7-15(10-20-17)21-11-13-8-19-9-14(13)12-21/h3-5,7,10,13-14,19H,2,6,8-9,11-12H2,1H3/t13-,14+. The van der Waals surface area contributed by atoms with Crippen LogP contribution in [0.25, 0.3) is 10.9 Å². The van der Waals surface area contributed by atoms with Gasteiger partial charge in [-0.15, -0.1) is 0 Å². The first-order valence-corrected chi connectivity index (χ1v) is 8.32. The highest BCUT2D eigenvalue weighted by Crippen LogP contribution is 2.33. The highest BCUT2D eigenvalue weighted by Gasteiger charge is 2.36. The lowest BCUT2D eigenvalue weighted by molar-refractivity contribution is 0.321. The van der Waals surface area contributed by atoms with Crippen molar-refractivity contribution in [2.24, 2.45) is 11.8 Å². The summed E-state index contributed by atoms with van der Waals surface area (Å²) in [5, 5.41) is 4.62. The molecular weight excluding hydrogens is 274 g/mol. The molecule has 2 atom stereocenters. The van der Waals surface area contributed by atoms with Gasteiger partial charge in [-0.1, -0.05) is 13.0 Å². The lowest BCUT2D eigenvalue weighted by Gasteiger charge is -2.20. The first-order chi connectivity index (χ1) is 10.8. The Bertz CT molecular complexity index is 660. The van der Waals surface area contributed by atoms with Crippen molar-refractivity contribution < 1.29 is 4.74 Å². The third-order valence-corrected chi connectivity index (χ3v) is 4.89. The Hall–Kier alpha value is -1.81. The van der Waals surface area contributed by atoms with Crippen molar-refractivity contribution in [1.29, 1.82) is 0 Å². The largest absolute Gasteiger partial charge is 0.493 e. The summed E-state index contributed by atoms with van der Waals surface area (Å²) in [5.74, 6) is 2.54. The van der Waals surface area contributed by atoms with E-state index in [0.717, 1.165) is 67.7 Å². The van der Waals surface area contributed by atoms with Crippen LogP contribution in [0.1, 0.15) is 13.3 Å². The second kappa shape index (κ2) is 5.76. The summed E-state index contributed by atoms with van der Waals surface area (Å²) in [4.78, 5) is 7.14. The highest BCUT2D eigenvalue weighted by molar-refractivity contribution is 5.87. The maximum atomic E-state index is 5.89. The molecular formula is C18H23N3O. The molecule has 0 radical (unpaired) electrons. The molecule has 2 aliphatic rings. The van der Waals surface area contributed by atoms with E-state index in [2.05, 4.69) is 34.3 Å². The Morgan fingerprint density at radius 2 is 2.09 bits per heavy atom. The summed E-state index contributed by atoms with van der Waals surface area (Å²) in [7, 11) is 0. The number of anilines is 1. The molecule has 4 nitrogen and oxygen atoms in total. The van der Waals surface area contributed by atoms with Gasteiger partial charge in [0.15, 0.2) is 0 Å². The van der Waals surface area contributed by atoms with E-state index in [9.17, 15) is 0 Å². The predicted octanol–water partition coefficient (Wildman–Crippen LogP) is 2.68. The number of benzene rings is 1. The number of rotatable bonds is 4. The molecule has 0 aliphatic carbocycles. The summed E-state index contributed by atoms with van der Waals surface area (Å²) in [5.41, 5.74) is 2.24. The zero-order valence-electron chi connectivity index (χ0n) is 13.1. The van der Waals surface area contributed by atoms with Gasteiger partial charge in [0, 0.05) is 31.6 Å². The van der Waals surface area contributed by atoms with Crippen LogP contribution < -0.4 is 15.0 Å². The normalized spacial score (nSPS) is 24.0. The number of aromatic nitrogens is 1. The Morgan fingerprint density at radius 1 is 1.27 bits per heavy atom. The number of hydrogen-bond acceptors (Lipinski definition) is 4. The van der Waals surface area contributed by atoms with Crippen LogP contribution in [0.5, 0.6) is 5.75 Å². The van der Waals surface area contributed by atoms with Crippen LogP contribution in [-0.4, -0.2) is 37.8 Å². The smallest absolute Gasteiger partial charge is 0.128 e. The van der Waals surface area contributed by atoms with E-state index < -0.39 is 0 Å². The van der Waals surface area contributed by atoms with Crippen molar-refractivity contribution in [2.75, 3.05) is 37.7 Å². The van der Waals surface area contributed by atoms with E-state index >= 15 is 0 Å². The van der Waals surface area contributed by atoms with Crippen LogP contribution in [0, 0.1) is 11.8 Å². The fourth-order valence-corrected chi connectivity index (χ4v) is 3.69. The van der Waals surface area contributed by atoms with Gasteiger partial charge in [-0.25, -0.2) is 0 Å². The predicted molar refractivity (Wildman–Crippen MR) is 89.6 cm³/mol. The average molecular weight is 297 g/mol. The van der Waals surface area contributed by atoms with Crippen LogP contribution in [0.15, 0.2) is 30.5 Å². The molecule has 0 bridgehead atoms. The van der Waals surface area contributed by atoms with Crippen LogP contribution in [0.4, 0.5) is 5.69 Å². The van der Waals surface area contributed by atoms with Gasteiger partial charge in [0.2, 0.25) is 0 Å². The van der Waals surface area contributed by atoms with Crippen LogP contribution in [0.2, 0.25) is 0 Å². The van der Waals surface area contributed by atoms with E-state index in [-0.39, 0.29) is 0 Å². The monoisotopic (exact) mass is 297 g/mol. The number of fused-ring (bicyclic) bond motifs is 2. The van der Waals surface area contributed by atoms with Gasteiger partial charge >= 0.3 is 0 Å². The Kier molecular flexibility index (Phi) is 3.62. The Labute approximate surface area is 131 Å². The molecule has 2 saturated heterocycles. The first-order valence-electron chi connectivity index (χ1n) is 8.32. The van der Waals surface area contributed by atoms with Crippen LogP contribution in [-0.2, 0) is 0 Å². The minimum absolute atomic E-state index is 0.753. The van der Waals surface area contributed by atoms with Crippen molar-refractivity contribution in [3.05, 3.63) is 30.5 Å². The third kappa shape index (κ3) is 2.41. The zero-order valence-corrected chi connectivity index (χ0v) is 13.1. The number of pyridine rings is 1. The van der Waals surface area contributed by atoms with Crippen molar-refractivity contribution >= 4 is 16.6 Å². The van der Waals surface area contributed by atoms with Gasteiger partial charge in [0.25, 0.3) is 0 Å². The molecule has 3 heterocycles. The molecule has 0 unspecified atom stereocenters. The zero-order chi connectivity index (χ0) is 14.9. The molecule has 1 aromatic heterocycles. The van der Waals surface area contributed by atoms with Crippen molar-refractivity contribution in [3.63, 3.8) is 0 Å². The van der Waals surface area contributed by atoms with Gasteiger partial charge in [-0.05, 0) is 36.5 Å². The second-order valence-corrected chi connectivity index (χ2v) is 6.45. The van der Waals surface area contributed by atoms with Crippen molar-refractivity contribution in [2.45, 2.75) is 13.3 Å². The maximum Gasteiger partial charge on any atom is 0.128 e. The average Bonchev–Trinajstić information content (AvgIpc) is 3.14. The molecule has 2 aromatic rings. The molecule has 2 fully saturated rings. The third-order valence-electron chi connectivity index (χ3n) is 4.89. The molecule has 1 aromatic carbocycles. The molecule has 0 saturated carbocycles. The summed E-state index contributed by atoms with van der Waals surface area (Å²) in [6.07, 6.45) is 3.03. The topological polar surface area (TPSA) is 37.4 Å². The Balaban J connectivity index is 1.64. The first kappa shape index (κ1) is 13.8. The van der Waals surface area contributed by atoms with Gasteiger partial charge in [0.05, 0.1) is 24.0 Å². The van der Waals surface area contributed by atoms with Crippen molar-refractivity contribution in [1.82, 2.24) is 10.3 Å². The molecule has 22 heavy (non-hydrogen) atoms. The van der Waals surface area contributed by atoms with E-state index in [1.165, 1.54) is 5.69 Å². The van der Waals surface area contributed by atoms with Gasteiger partial charge in [-0.3, -0.25) is 4.98 Å². The minimum Gasteiger partial charge on any atom is -0.493 e. The number of hydrogen-bond donors (Lipinski definition) is 1. The molecule has 0 spiro atoms. The van der Waals surface area contributed by atoms with Gasteiger partial charge < -0.3 is 15.0 Å². The maximum absolute atomic E-state index is 5.89. The van der Waals surface area contributed by atoms with E-state index in [4.69, 9.17) is 4.74 Å². The lowest BCUT2D eigenvalue weighted by atomic mass is 10.0. The quantitative estimate of drug-likeness (QED) is 0.941. The molecule has 116 valence electrons. The molecule has 0 amide bonds. The number of nitrogens with zero attached hydrogens (tertiary/aromatic N) is 2. The fourth-order valence-electron chi connectivity index (χ4n) is 3.69. The van der Waals surface area contributed by atoms with Gasteiger partial charge in [0.1, 0.15) is 5.75 Å². The second-order valence-electron chi connectivity index (χ2n) is 6.45. The van der Waals surface area contributed by atoms with E-state index in [1.807, 2.05) is 18.3 Å².